The molecule has 2 aliphatic rings. The molecule has 5 heteroatoms. The third-order valence-electron chi connectivity index (χ3n) is 5.09. The number of hydrogen-bond acceptors (Lipinski definition) is 3. The van der Waals surface area contributed by atoms with E-state index in [2.05, 4.69) is 29.3 Å². The predicted octanol–water partition coefficient (Wildman–Crippen LogP) is 2.91. The number of rotatable bonds is 3. The van der Waals surface area contributed by atoms with Crippen molar-refractivity contribution >= 4 is 17.4 Å². The molecule has 0 saturated carbocycles. The number of amides is 2. The first kappa shape index (κ1) is 16.1. The molecule has 0 spiro atoms. The van der Waals surface area contributed by atoms with Crippen LogP contribution in [0.2, 0.25) is 0 Å². The number of piperidine rings is 1. The first-order valence-electron chi connectivity index (χ1n) is 8.71. The van der Waals surface area contributed by atoms with Gasteiger partial charge in [-0.2, -0.15) is 0 Å². The fourth-order valence-electron chi connectivity index (χ4n) is 3.54. The van der Waals surface area contributed by atoms with Gasteiger partial charge in [0.1, 0.15) is 0 Å². The number of urea groups is 1. The molecule has 1 atom stereocenters. The lowest BCUT2D eigenvalue weighted by Gasteiger charge is -2.32. The molecule has 2 saturated heterocycles. The van der Waals surface area contributed by atoms with Gasteiger partial charge in [-0.15, -0.1) is 0 Å². The molecule has 1 unspecified atom stereocenters. The highest BCUT2D eigenvalue weighted by Crippen LogP contribution is 2.26. The van der Waals surface area contributed by atoms with Crippen molar-refractivity contribution in [2.75, 3.05) is 36.5 Å². The molecule has 126 valence electrons. The minimum absolute atomic E-state index is 0.0400. The summed E-state index contributed by atoms with van der Waals surface area (Å²) in [5.74, 6) is 0.805. The van der Waals surface area contributed by atoms with Crippen LogP contribution in [-0.2, 0) is 0 Å². The van der Waals surface area contributed by atoms with Crippen LogP contribution in [0.1, 0.15) is 32.6 Å². The number of carbonyl (C=O) groups is 1. The van der Waals surface area contributed by atoms with Crippen molar-refractivity contribution in [1.82, 2.24) is 4.90 Å². The van der Waals surface area contributed by atoms with E-state index in [1.807, 2.05) is 12.1 Å². The molecule has 0 aromatic heterocycles. The average Bonchev–Trinajstić information content (AvgIpc) is 3.04. The Balaban J connectivity index is 1.64. The van der Waals surface area contributed by atoms with Gasteiger partial charge in [0, 0.05) is 31.0 Å². The lowest BCUT2D eigenvalue weighted by atomic mass is 9.99. The predicted molar refractivity (Wildman–Crippen MR) is 92.9 cm³/mol. The number of nitrogens with one attached hydrogen (secondary N) is 1. The number of benzene rings is 1. The number of anilines is 2. The van der Waals surface area contributed by atoms with Crippen LogP contribution in [0, 0.1) is 5.92 Å². The second-order valence-electron chi connectivity index (χ2n) is 6.82. The van der Waals surface area contributed by atoms with Crippen molar-refractivity contribution in [2.45, 2.75) is 38.6 Å². The molecule has 0 bridgehead atoms. The summed E-state index contributed by atoms with van der Waals surface area (Å²) in [7, 11) is 0. The maximum atomic E-state index is 12.4. The topological polar surface area (TPSA) is 55.8 Å². The summed E-state index contributed by atoms with van der Waals surface area (Å²) < 4.78 is 0. The zero-order chi connectivity index (χ0) is 16.2. The maximum Gasteiger partial charge on any atom is 0.322 e. The molecule has 0 radical (unpaired) electrons. The molecule has 2 fully saturated rings. The summed E-state index contributed by atoms with van der Waals surface area (Å²) in [4.78, 5) is 16.5. The first-order valence-corrected chi connectivity index (χ1v) is 8.71. The van der Waals surface area contributed by atoms with E-state index in [1.54, 1.807) is 4.90 Å². The van der Waals surface area contributed by atoms with Crippen LogP contribution in [-0.4, -0.2) is 48.3 Å². The number of aliphatic hydroxyl groups is 1. The van der Waals surface area contributed by atoms with Crippen LogP contribution in [0.5, 0.6) is 0 Å². The van der Waals surface area contributed by atoms with E-state index in [9.17, 15) is 9.90 Å². The Hall–Kier alpha value is -1.75. The normalized spacial score (nSPS) is 22.4. The van der Waals surface area contributed by atoms with Gasteiger partial charge in [-0.1, -0.05) is 13.0 Å². The van der Waals surface area contributed by atoms with Gasteiger partial charge in [0.25, 0.3) is 0 Å². The highest BCUT2D eigenvalue weighted by Gasteiger charge is 2.28. The van der Waals surface area contributed by atoms with E-state index >= 15 is 0 Å². The zero-order valence-electron chi connectivity index (χ0n) is 13.9. The van der Waals surface area contributed by atoms with Crippen molar-refractivity contribution in [2.24, 2.45) is 5.92 Å². The van der Waals surface area contributed by atoms with Gasteiger partial charge in [0.2, 0.25) is 0 Å². The molecule has 2 amide bonds. The van der Waals surface area contributed by atoms with Crippen LogP contribution in [0.15, 0.2) is 24.3 Å². The minimum Gasteiger partial charge on any atom is -0.394 e. The fraction of sp³-hybridized carbons (Fsp3) is 0.611. The lowest BCUT2D eigenvalue weighted by Crippen LogP contribution is -2.40. The summed E-state index contributed by atoms with van der Waals surface area (Å²) in [6.45, 7) is 5.23. The molecule has 2 aliphatic heterocycles. The molecular weight excluding hydrogens is 290 g/mol. The van der Waals surface area contributed by atoms with Gasteiger partial charge in [-0.05, 0) is 49.8 Å². The molecule has 0 aliphatic carbocycles. The molecule has 2 N–H and O–H groups in total. The molecule has 23 heavy (non-hydrogen) atoms. The Morgan fingerprint density at radius 1 is 1.26 bits per heavy atom. The third-order valence-corrected chi connectivity index (χ3v) is 5.09. The van der Waals surface area contributed by atoms with E-state index < -0.39 is 0 Å². The smallest absolute Gasteiger partial charge is 0.322 e. The summed E-state index contributed by atoms with van der Waals surface area (Å²) in [5, 5.41) is 12.3. The van der Waals surface area contributed by atoms with Crippen molar-refractivity contribution in [3.8, 4) is 0 Å². The molecule has 1 aromatic carbocycles. The van der Waals surface area contributed by atoms with Gasteiger partial charge in [0.15, 0.2) is 0 Å². The van der Waals surface area contributed by atoms with Gasteiger partial charge in [-0.3, -0.25) is 0 Å². The first-order chi connectivity index (χ1) is 11.2. The lowest BCUT2D eigenvalue weighted by molar-refractivity contribution is 0.166. The molecule has 3 rings (SSSR count). The van der Waals surface area contributed by atoms with Crippen LogP contribution in [0.25, 0.3) is 0 Å². The maximum absolute atomic E-state index is 12.4. The third kappa shape index (κ3) is 3.78. The van der Waals surface area contributed by atoms with Crippen LogP contribution < -0.4 is 10.2 Å². The SMILES string of the molecule is CC1CCN(c2cccc(NC(=O)N3CCCC3CO)c2)CC1. The quantitative estimate of drug-likeness (QED) is 0.901. The Bertz CT molecular complexity index is 541. The molecular formula is C18H27N3O2. The van der Waals surface area contributed by atoms with E-state index in [1.165, 1.54) is 18.5 Å². The Kier molecular flexibility index (Phi) is 5.06. The van der Waals surface area contributed by atoms with E-state index in [4.69, 9.17) is 0 Å². The number of hydrogen-bond donors (Lipinski definition) is 2. The Labute approximate surface area is 138 Å². The summed E-state index contributed by atoms with van der Waals surface area (Å²) in [5.41, 5.74) is 2.00. The monoisotopic (exact) mass is 317 g/mol. The van der Waals surface area contributed by atoms with Gasteiger partial charge in [0.05, 0.1) is 12.6 Å². The summed E-state index contributed by atoms with van der Waals surface area (Å²) in [6.07, 6.45) is 4.30. The van der Waals surface area contributed by atoms with Crippen molar-refractivity contribution < 1.29 is 9.90 Å². The van der Waals surface area contributed by atoms with Crippen molar-refractivity contribution in [3.63, 3.8) is 0 Å². The highest BCUT2D eigenvalue weighted by atomic mass is 16.3. The molecule has 2 heterocycles. The largest absolute Gasteiger partial charge is 0.394 e. The van der Waals surface area contributed by atoms with E-state index in [0.717, 1.165) is 44.1 Å². The average molecular weight is 317 g/mol. The summed E-state index contributed by atoms with van der Waals surface area (Å²) >= 11 is 0. The van der Waals surface area contributed by atoms with Crippen molar-refractivity contribution in [3.05, 3.63) is 24.3 Å². The van der Waals surface area contributed by atoms with Gasteiger partial charge < -0.3 is 20.2 Å². The van der Waals surface area contributed by atoms with Crippen LogP contribution in [0.3, 0.4) is 0 Å². The second kappa shape index (κ2) is 7.21. The van der Waals surface area contributed by atoms with Crippen LogP contribution in [0.4, 0.5) is 16.2 Å². The highest BCUT2D eigenvalue weighted by molar-refractivity contribution is 5.90. The standard InChI is InChI=1S/C18H27N3O2/c1-14-7-10-20(11-8-14)16-5-2-4-15(12-16)19-18(23)21-9-3-6-17(21)13-22/h2,4-5,12,14,17,22H,3,6-11,13H2,1H3,(H,19,23). The van der Waals surface area contributed by atoms with Gasteiger partial charge in [-0.25, -0.2) is 4.79 Å². The zero-order valence-corrected chi connectivity index (χ0v) is 13.9. The number of nitrogens with zero attached hydrogens (tertiary/aromatic N) is 2. The molecule has 1 aromatic rings. The minimum atomic E-state index is -0.106. The summed E-state index contributed by atoms with van der Waals surface area (Å²) in [6, 6.07) is 7.94. The Morgan fingerprint density at radius 2 is 2.04 bits per heavy atom. The number of carbonyl (C=O) groups excluding carboxylic acids is 1. The Morgan fingerprint density at radius 3 is 2.78 bits per heavy atom. The number of aliphatic hydroxyl groups excluding tert-OH is 1. The second-order valence-corrected chi connectivity index (χ2v) is 6.82. The molecule has 5 nitrogen and oxygen atoms in total. The van der Waals surface area contributed by atoms with E-state index in [0.29, 0.717) is 0 Å². The van der Waals surface area contributed by atoms with Crippen LogP contribution >= 0.6 is 0 Å². The fourth-order valence-corrected chi connectivity index (χ4v) is 3.54. The van der Waals surface area contributed by atoms with E-state index in [-0.39, 0.29) is 18.7 Å². The van der Waals surface area contributed by atoms with Gasteiger partial charge >= 0.3 is 6.03 Å². The number of likely N-dealkylation sites (tertiary alicyclic amines) is 1. The van der Waals surface area contributed by atoms with Crippen molar-refractivity contribution in [1.29, 1.82) is 0 Å².